The number of imidazole rings is 1. The third-order valence-corrected chi connectivity index (χ3v) is 3.91. The zero-order valence-electron chi connectivity index (χ0n) is 12.1. The highest BCUT2D eigenvalue weighted by atomic mass is 15.1. The maximum atomic E-state index is 4.59. The van der Waals surface area contributed by atoms with Crippen molar-refractivity contribution in [2.45, 2.75) is 45.6 Å². The highest BCUT2D eigenvalue weighted by molar-refractivity contribution is 5.41. The number of hydrogen-bond donors (Lipinski definition) is 1. The van der Waals surface area contributed by atoms with E-state index < -0.39 is 0 Å². The zero-order valence-corrected chi connectivity index (χ0v) is 12.1. The van der Waals surface area contributed by atoms with Crippen LogP contribution in [0.2, 0.25) is 0 Å². The molecule has 0 amide bonds. The topological polar surface area (TPSA) is 42.7 Å². The van der Waals surface area contributed by atoms with Crippen molar-refractivity contribution in [3.63, 3.8) is 0 Å². The van der Waals surface area contributed by atoms with Crippen LogP contribution in [0.1, 0.15) is 43.1 Å². The molecular weight excluding hydrogens is 248 g/mol. The van der Waals surface area contributed by atoms with Gasteiger partial charge < -0.3 is 9.88 Å². The molecule has 4 heteroatoms. The third-order valence-electron chi connectivity index (χ3n) is 3.91. The van der Waals surface area contributed by atoms with Crippen molar-refractivity contribution in [1.29, 1.82) is 0 Å². The van der Waals surface area contributed by atoms with Gasteiger partial charge in [0.05, 0.1) is 17.7 Å². The first kappa shape index (κ1) is 13.3. The molecule has 0 saturated heterocycles. The summed E-state index contributed by atoms with van der Waals surface area (Å²) in [6.45, 7) is 4.09. The summed E-state index contributed by atoms with van der Waals surface area (Å²) in [4.78, 5) is 8.87. The summed E-state index contributed by atoms with van der Waals surface area (Å²) in [5.74, 6) is 0. The molecule has 2 aromatic rings. The molecule has 0 aromatic carbocycles. The Balaban J connectivity index is 1.91. The van der Waals surface area contributed by atoms with E-state index in [9.17, 15) is 0 Å². The lowest BCUT2D eigenvalue weighted by Crippen LogP contribution is -2.16. The molecule has 2 aromatic heterocycles. The van der Waals surface area contributed by atoms with E-state index in [0.717, 1.165) is 32.4 Å². The number of fused-ring (bicyclic) bond motifs is 1. The summed E-state index contributed by atoms with van der Waals surface area (Å²) in [6, 6.07) is 2.10. The maximum absolute atomic E-state index is 4.59. The maximum Gasteiger partial charge on any atom is 0.0997 e. The fourth-order valence-corrected chi connectivity index (χ4v) is 2.87. The van der Waals surface area contributed by atoms with Gasteiger partial charge in [-0.1, -0.05) is 6.92 Å². The van der Waals surface area contributed by atoms with Crippen LogP contribution in [-0.4, -0.2) is 21.1 Å². The molecular formula is C16H22N4. The van der Waals surface area contributed by atoms with Gasteiger partial charge in [0.1, 0.15) is 0 Å². The van der Waals surface area contributed by atoms with Gasteiger partial charge in [-0.05, 0) is 44.7 Å². The largest absolute Gasteiger partial charge is 0.313 e. The highest BCUT2D eigenvalue weighted by Gasteiger charge is 2.17. The summed E-state index contributed by atoms with van der Waals surface area (Å²) in [6.07, 6.45) is 11.8. The van der Waals surface area contributed by atoms with Crippen LogP contribution in [-0.2, 0) is 19.4 Å². The predicted molar refractivity (Wildman–Crippen MR) is 80.0 cm³/mol. The fourth-order valence-electron chi connectivity index (χ4n) is 2.87. The van der Waals surface area contributed by atoms with Crippen molar-refractivity contribution in [3.05, 3.63) is 41.7 Å². The minimum atomic E-state index is 0.865. The molecule has 0 spiro atoms. The van der Waals surface area contributed by atoms with Gasteiger partial charge in [0, 0.05) is 30.2 Å². The quantitative estimate of drug-likeness (QED) is 0.849. The Labute approximate surface area is 120 Å². The molecule has 0 atom stereocenters. The molecule has 0 aliphatic heterocycles. The van der Waals surface area contributed by atoms with Crippen LogP contribution in [0.5, 0.6) is 0 Å². The Hall–Kier alpha value is -1.68. The first-order valence-electron chi connectivity index (χ1n) is 7.59. The Morgan fingerprint density at radius 1 is 1.30 bits per heavy atom. The van der Waals surface area contributed by atoms with E-state index in [1.807, 2.05) is 18.7 Å². The van der Waals surface area contributed by atoms with Crippen molar-refractivity contribution in [1.82, 2.24) is 19.9 Å². The van der Waals surface area contributed by atoms with Crippen molar-refractivity contribution in [3.8, 4) is 5.69 Å². The van der Waals surface area contributed by atoms with Crippen molar-refractivity contribution in [2.75, 3.05) is 6.54 Å². The zero-order chi connectivity index (χ0) is 13.8. The summed E-state index contributed by atoms with van der Waals surface area (Å²) >= 11 is 0. The summed E-state index contributed by atoms with van der Waals surface area (Å²) in [5, 5.41) is 3.46. The predicted octanol–water partition coefficient (Wildman–Crippen LogP) is 2.65. The molecule has 0 saturated carbocycles. The van der Waals surface area contributed by atoms with Gasteiger partial charge >= 0.3 is 0 Å². The number of nitrogens with zero attached hydrogens (tertiary/aromatic N) is 3. The van der Waals surface area contributed by atoms with E-state index in [4.69, 9.17) is 0 Å². The molecule has 1 aliphatic carbocycles. The normalized spacial score (nSPS) is 14.2. The van der Waals surface area contributed by atoms with Gasteiger partial charge in [-0.3, -0.25) is 4.98 Å². The van der Waals surface area contributed by atoms with E-state index in [0.29, 0.717) is 0 Å². The lowest BCUT2D eigenvalue weighted by molar-refractivity contribution is 0.650. The molecule has 0 bridgehead atoms. The van der Waals surface area contributed by atoms with Crippen molar-refractivity contribution in [2.24, 2.45) is 0 Å². The summed E-state index contributed by atoms with van der Waals surface area (Å²) in [7, 11) is 0. The lowest BCUT2D eigenvalue weighted by Gasteiger charge is -2.16. The van der Waals surface area contributed by atoms with Gasteiger partial charge in [0.25, 0.3) is 0 Å². The number of nitrogens with one attached hydrogen (secondary N) is 1. The van der Waals surface area contributed by atoms with Gasteiger partial charge in [-0.2, -0.15) is 0 Å². The lowest BCUT2D eigenvalue weighted by atomic mass is 10.0. The molecule has 20 heavy (non-hydrogen) atoms. The van der Waals surface area contributed by atoms with Gasteiger partial charge in [-0.25, -0.2) is 4.98 Å². The minimum absolute atomic E-state index is 0.865. The first-order valence-corrected chi connectivity index (χ1v) is 7.59. The standard InChI is InChI=1S/C16H22N4/c1-2-8-17-10-13-11-18-9-7-15(13)20-12-19-14-5-3-4-6-16(14)20/h7,9,11-12,17H,2-6,8,10H2,1H3. The number of hydrogen-bond acceptors (Lipinski definition) is 3. The molecule has 0 radical (unpaired) electrons. The van der Waals surface area contributed by atoms with Crippen molar-refractivity contribution >= 4 is 0 Å². The second-order valence-electron chi connectivity index (χ2n) is 5.40. The van der Waals surface area contributed by atoms with Crippen LogP contribution in [0.4, 0.5) is 0 Å². The molecule has 106 valence electrons. The van der Waals surface area contributed by atoms with E-state index in [1.54, 1.807) is 0 Å². The highest BCUT2D eigenvalue weighted by Crippen LogP contribution is 2.24. The first-order chi connectivity index (χ1) is 9.90. The SMILES string of the molecule is CCCNCc1cnccc1-n1cnc2c1CCCC2. The second kappa shape index (κ2) is 6.18. The van der Waals surface area contributed by atoms with Crippen LogP contribution in [0.3, 0.4) is 0 Å². The van der Waals surface area contributed by atoms with Crippen LogP contribution < -0.4 is 5.32 Å². The summed E-state index contributed by atoms with van der Waals surface area (Å²) < 4.78 is 2.26. The smallest absolute Gasteiger partial charge is 0.0997 e. The van der Waals surface area contributed by atoms with E-state index >= 15 is 0 Å². The number of aryl methyl sites for hydroxylation is 1. The number of rotatable bonds is 5. The third kappa shape index (κ3) is 2.61. The molecule has 2 heterocycles. The molecule has 1 N–H and O–H groups in total. The molecule has 0 fully saturated rings. The van der Waals surface area contributed by atoms with Gasteiger partial charge in [0.2, 0.25) is 0 Å². The van der Waals surface area contributed by atoms with E-state index in [-0.39, 0.29) is 0 Å². The minimum Gasteiger partial charge on any atom is -0.313 e. The number of pyridine rings is 1. The Morgan fingerprint density at radius 3 is 3.10 bits per heavy atom. The Kier molecular flexibility index (Phi) is 4.11. The van der Waals surface area contributed by atoms with Crippen LogP contribution in [0.25, 0.3) is 5.69 Å². The monoisotopic (exact) mass is 270 g/mol. The van der Waals surface area contributed by atoms with Crippen molar-refractivity contribution < 1.29 is 0 Å². The molecule has 3 rings (SSSR count). The average Bonchev–Trinajstić information content (AvgIpc) is 2.92. The van der Waals surface area contributed by atoms with E-state index in [1.165, 1.54) is 35.5 Å². The van der Waals surface area contributed by atoms with Crippen LogP contribution in [0.15, 0.2) is 24.8 Å². The summed E-state index contributed by atoms with van der Waals surface area (Å²) in [5.41, 5.74) is 5.13. The average molecular weight is 270 g/mol. The van der Waals surface area contributed by atoms with Gasteiger partial charge in [-0.15, -0.1) is 0 Å². The fraction of sp³-hybridized carbons (Fsp3) is 0.500. The molecule has 1 aliphatic rings. The van der Waals surface area contributed by atoms with Crippen LogP contribution in [0, 0.1) is 0 Å². The van der Waals surface area contributed by atoms with Gasteiger partial charge in [0.15, 0.2) is 0 Å². The second-order valence-corrected chi connectivity index (χ2v) is 5.40. The number of aromatic nitrogens is 3. The molecule has 0 unspecified atom stereocenters. The van der Waals surface area contributed by atoms with E-state index in [2.05, 4.69) is 32.8 Å². The Morgan fingerprint density at radius 2 is 2.20 bits per heavy atom. The molecule has 4 nitrogen and oxygen atoms in total. The Bertz CT molecular complexity index is 574. The van der Waals surface area contributed by atoms with Crippen LogP contribution >= 0.6 is 0 Å².